The van der Waals surface area contributed by atoms with Gasteiger partial charge in [0.15, 0.2) is 0 Å². The fourth-order valence-electron chi connectivity index (χ4n) is 4.78. The number of carbonyl (C=O) groups excluding carboxylic acids is 1. The Morgan fingerprint density at radius 3 is 1.44 bits per heavy atom. The Morgan fingerprint density at radius 2 is 0.938 bits per heavy atom. The van der Waals surface area contributed by atoms with Crippen LogP contribution in [0.4, 0.5) is 0 Å². The van der Waals surface area contributed by atoms with Crippen LogP contribution < -0.4 is 0 Å². The minimum atomic E-state index is -0.560. The predicted octanol–water partition coefficient (Wildman–Crippen LogP) is 12.6. The Labute approximate surface area is 296 Å². The molecule has 0 fully saturated rings. The molecule has 0 rings (SSSR count). The molecule has 0 aromatic carbocycles. The summed E-state index contributed by atoms with van der Waals surface area (Å²) in [6, 6.07) is 0. The van der Waals surface area contributed by atoms with Crippen molar-refractivity contribution in [3.63, 3.8) is 0 Å². The number of aliphatic hydroxyl groups excluding tert-OH is 1. The zero-order valence-electron chi connectivity index (χ0n) is 31.0. The molecule has 1 unspecified atom stereocenters. The summed E-state index contributed by atoms with van der Waals surface area (Å²) < 4.78 is 11.1. The van der Waals surface area contributed by atoms with Gasteiger partial charge in [0, 0.05) is 13.0 Å². The van der Waals surface area contributed by atoms with Gasteiger partial charge in [-0.15, -0.1) is 0 Å². The van der Waals surface area contributed by atoms with E-state index >= 15 is 0 Å². The summed E-state index contributed by atoms with van der Waals surface area (Å²) >= 11 is 0. The van der Waals surface area contributed by atoms with Crippen LogP contribution in [0.5, 0.6) is 0 Å². The molecule has 4 heteroatoms. The zero-order valence-corrected chi connectivity index (χ0v) is 31.0. The largest absolute Gasteiger partial charge is 0.457 e. The Kier molecular flexibility index (Phi) is 38.2. The highest BCUT2D eigenvalue weighted by molar-refractivity contribution is 5.69. The lowest BCUT2D eigenvalue weighted by molar-refractivity contribution is -0.154. The van der Waals surface area contributed by atoms with Crippen LogP contribution in [0.1, 0.15) is 149 Å². The fourth-order valence-corrected chi connectivity index (χ4v) is 4.78. The van der Waals surface area contributed by atoms with Crippen LogP contribution in [0.2, 0.25) is 0 Å². The van der Waals surface area contributed by atoms with Crippen molar-refractivity contribution in [1.29, 1.82) is 0 Å². The van der Waals surface area contributed by atoms with Gasteiger partial charge in [0.1, 0.15) is 6.10 Å². The van der Waals surface area contributed by atoms with Crippen molar-refractivity contribution in [2.24, 2.45) is 0 Å². The number of esters is 1. The van der Waals surface area contributed by atoms with Gasteiger partial charge in [-0.05, 0) is 89.9 Å². The first kappa shape index (κ1) is 45.3. The minimum absolute atomic E-state index is 0.194. The molecule has 0 saturated carbocycles. The van der Waals surface area contributed by atoms with E-state index in [-0.39, 0.29) is 19.2 Å². The molecular formula is C44H72O4. The van der Waals surface area contributed by atoms with E-state index < -0.39 is 6.10 Å². The molecule has 0 amide bonds. The molecule has 48 heavy (non-hydrogen) atoms. The second-order valence-electron chi connectivity index (χ2n) is 12.3. The maximum absolute atomic E-state index is 12.1. The molecule has 0 bridgehead atoms. The maximum Gasteiger partial charge on any atom is 0.306 e. The summed E-state index contributed by atoms with van der Waals surface area (Å²) in [5, 5.41) is 9.55. The third-order valence-electron chi connectivity index (χ3n) is 7.62. The van der Waals surface area contributed by atoms with E-state index in [9.17, 15) is 9.90 Å². The van der Waals surface area contributed by atoms with E-state index in [0.29, 0.717) is 13.0 Å². The smallest absolute Gasteiger partial charge is 0.306 e. The summed E-state index contributed by atoms with van der Waals surface area (Å²) in [6.07, 6.45) is 57.4. The van der Waals surface area contributed by atoms with E-state index in [1.54, 1.807) is 0 Å². The first-order valence-corrected chi connectivity index (χ1v) is 19.3. The van der Waals surface area contributed by atoms with Crippen LogP contribution in [-0.2, 0) is 14.3 Å². The van der Waals surface area contributed by atoms with Crippen LogP contribution in [-0.4, -0.2) is 37.0 Å². The quantitative estimate of drug-likeness (QED) is 0.0422. The Balaban J connectivity index is 3.62. The highest BCUT2D eigenvalue weighted by Crippen LogP contribution is 2.10. The highest BCUT2D eigenvalue weighted by atomic mass is 16.6. The lowest BCUT2D eigenvalue weighted by Crippen LogP contribution is -2.27. The van der Waals surface area contributed by atoms with Crippen LogP contribution in [0, 0.1) is 0 Å². The summed E-state index contributed by atoms with van der Waals surface area (Å²) in [5.41, 5.74) is 0. The number of hydrogen-bond donors (Lipinski definition) is 1. The third-order valence-corrected chi connectivity index (χ3v) is 7.62. The van der Waals surface area contributed by atoms with Gasteiger partial charge in [-0.3, -0.25) is 4.79 Å². The number of carbonyl (C=O) groups is 1. The van der Waals surface area contributed by atoms with Crippen LogP contribution in [0.3, 0.4) is 0 Å². The van der Waals surface area contributed by atoms with Gasteiger partial charge in [0.25, 0.3) is 0 Å². The standard InChI is InChI=1S/C44H72O4/c1-3-5-7-9-11-13-15-16-17-18-19-20-21-22-23-24-25-26-27-28-29-31-33-35-37-39-44(46)48-43(41-45)42-47-40-38-36-34-32-30-14-12-10-8-6-4-2/h5,7-8,10-11,13,16-17,19-20,22-23,25-26,28-29,43,45H,3-4,6,9,12,14-15,18,21,24,27,30-42H2,1-2H3/b7-5-,10-8-,13-11-,17-16-,20-19-,23-22-,26-25-,29-28-. The molecule has 1 N–H and O–H groups in total. The van der Waals surface area contributed by atoms with Gasteiger partial charge < -0.3 is 14.6 Å². The van der Waals surface area contributed by atoms with Crippen LogP contribution in [0.25, 0.3) is 0 Å². The molecule has 0 aromatic rings. The van der Waals surface area contributed by atoms with Crippen molar-refractivity contribution in [3.8, 4) is 0 Å². The van der Waals surface area contributed by atoms with Crippen molar-refractivity contribution in [1.82, 2.24) is 0 Å². The van der Waals surface area contributed by atoms with Gasteiger partial charge in [0.05, 0.1) is 13.2 Å². The van der Waals surface area contributed by atoms with E-state index in [2.05, 4.69) is 111 Å². The average molecular weight is 665 g/mol. The van der Waals surface area contributed by atoms with E-state index in [4.69, 9.17) is 9.47 Å². The molecule has 0 radical (unpaired) electrons. The molecular weight excluding hydrogens is 592 g/mol. The Bertz CT molecular complexity index is 918. The SMILES string of the molecule is CC/C=C\C/C=C\C/C=C\C/C=C\C/C=C\C/C=C\C/C=C\CCCCCC(=O)OC(CO)COCCCCCCCC/C=C\CCC. The second-order valence-corrected chi connectivity index (χ2v) is 12.3. The lowest BCUT2D eigenvalue weighted by Gasteiger charge is -2.15. The first-order chi connectivity index (χ1) is 23.7. The molecule has 1 atom stereocenters. The molecule has 0 spiro atoms. The number of allylic oxidation sites excluding steroid dienone is 16. The molecule has 272 valence electrons. The van der Waals surface area contributed by atoms with E-state index in [1.807, 2.05) is 0 Å². The van der Waals surface area contributed by atoms with Crippen LogP contribution >= 0.6 is 0 Å². The Morgan fingerprint density at radius 1 is 0.521 bits per heavy atom. The monoisotopic (exact) mass is 665 g/mol. The van der Waals surface area contributed by atoms with Crippen molar-refractivity contribution in [2.45, 2.75) is 155 Å². The van der Waals surface area contributed by atoms with Crippen molar-refractivity contribution < 1.29 is 19.4 Å². The number of rotatable bonds is 34. The second kappa shape index (κ2) is 40.5. The van der Waals surface area contributed by atoms with Crippen molar-refractivity contribution in [3.05, 3.63) is 97.2 Å². The third kappa shape index (κ3) is 37.8. The molecule has 0 saturated heterocycles. The number of unbranched alkanes of at least 4 members (excludes halogenated alkanes) is 10. The van der Waals surface area contributed by atoms with E-state index in [1.165, 1.54) is 44.9 Å². The van der Waals surface area contributed by atoms with Crippen LogP contribution in [0.15, 0.2) is 97.2 Å². The molecule has 0 aromatic heterocycles. The summed E-state index contributed by atoms with van der Waals surface area (Å²) in [6.45, 7) is 5.10. The highest BCUT2D eigenvalue weighted by Gasteiger charge is 2.13. The van der Waals surface area contributed by atoms with Gasteiger partial charge in [-0.1, -0.05) is 150 Å². The molecule has 0 aliphatic rings. The summed E-state index contributed by atoms with van der Waals surface area (Å²) in [7, 11) is 0. The number of hydrogen-bond acceptors (Lipinski definition) is 4. The molecule has 0 aliphatic heterocycles. The average Bonchev–Trinajstić information content (AvgIpc) is 3.09. The number of ether oxygens (including phenoxy) is 2. The molecule has 0 aliphatic carbocycles. The fraction of sp³-hybridized carbons (Fsp3) is 0.614. The van der Waals surface area contributed by atoms with Gasteiger partial charge in [0.2, 0.25) is 0 Å². The summed E-state index contributed by atoms with van der Waals surface area (Å²) in [4.78, 5) is 12.1. The van der Waals surface area contributed by atoms with E-state index in [0.717, 1.165) is 83.5 Å². The van der Waals surface area contributed by atoms with Gasteiger partial charge in [-0.2, -0.15) is 0 Å². The minimum Gasteiger partial charge on any atom is -0.457 e. The number of aliphatic hydroxyl groups is 1. The topological polar surface area (TPSA) is 55.8 Å². The van der Waals surface area contributed by atoms with Crippen molar-refractivity contribution >= 4 is 5.97 Å². The maximum atomic E-state index is 12.1. The Hall–Kier alpha value is -2.69. The normalized spacial score (nSPS) is 13.5. The van der Waals surface area contributed by atoms with Crippen molar-refractivity contribution in [2.75, 3.05) is 19.8 Å². The molecule has 4 nitrogen and oxygen atoms in total. The molecule has 0 heterocycles. The lowest BCUT2D eigenvalue weighted by atomic mass is 10.1. The zero-order chi connectivity index (χ0) is 34.9. The predicted molar refractivity (Wildman–Crippen MR) is 209 cm³/mol. The van der Waals surface area contributed by atoms with Gasteiger partial charge >= 0.3 is 5.97 Å². The first-order valence-electron chi connectivity index (χ1n) is 19.3. The van der Waals surface area contributed by atoms with Gasteiger partial charge in [-0.25, -0.2) is 0 Å². The summed E-state index contributed by atoms with van der Waals surface area (Å²) in [5.74, 6) is -0.240.